The number of nitrogens with zero attached hydrogens (tertiary/aromatic N) is 1. The third-order valence-electron chi connectivity index (χ3n) is 5.01. The lowest BCUT2D eigenvalue weighted by atomic mass is 9.96. The van der Waals surface area contributed by atoms with Crippen molar-refractivity contribution in [3.05, 3.63) is 63.7 Å². The van der Waals surface area contributed by atoms with Crippen molar-refractivity contribution in [1.29, 1.82) is 0 Å². The van der Waals surface area contributed by atoms with Gasteiger partial charge in [0.2, 0.25) is 15.9 Å². The van der Waals surface area contributed by atoms with Gasteiger partial charge in [-0.1, -0.05) is 23.7 Å². The molecule has 2 aromatic rings. The largest absolute Gasteiger partial charge is 0.350 e. The number of sulfonamides is 1. The summed E-state index contributed by atoms with van der Waals surface area (Å²) in [6.45, 7) is 8.36. The summed E-state index contributed by atoms with van der Waals surface area (Å²) < 4.78 is 25.6. The number of carbonyl (C=O) groups excluding carboxylic acids is 1. The highest BCUT2D eigenvalue weighted by Gasteiger charge is 2.18. The van der Waals surface area contributed by atoms with E-state index in [4.69, 9.17) is 11.6 Å². The average Bonchev–Trinajstić information content (AvgIpc) is 2.61. The Labute approximate surface area is 179 Å². The second-order valence-electron chi connectivity index (χ2n) is 7.50. The molecule has 0 bridgehead atoms. The van der Waals surface area contributed by atoms with E-state index in [0.29, 0.717) is 17.1 Å². The molecule has 0 unspecified atom stereocenters. The number of hydrogen-bond donors (Lipinski definition) is 1. The van der Waals surface area contributed by atoms with Crippen molar-refractivity contribution in [2.45, 2.75) is 46.6 Å². The van der Waals surface area contributed by atoms with E-state index in [2.05, 4.69) is 31.3 Å². The van der Waals surface area contributed by atoms with Crippen molar-refractivity contribution in [1.82, 2.24) is 5.32 Å². The van der Waals surface area contributed by atoms with Crippen LogP contribution in [0.5, 0.6) is 0 Å². The van der Waals surface area contributed by atoms with Gasteiger partial charge in [0, 0.05) is 18.0 Å². The molecule has 0 aliphatic carbocycles. The van der Waals surface area contributed by atoms with Crippen LogP contribution in [-0.4, -0.2) is 27.1 Å². The SMILES string of the molecule is Cc1cc(C)c([C@@H](C)NC(=O)CCCN(c2ccc(Cl)cc2)S(C)(=O)=O)cc1C. The van der Waals surface area contributed by atoms with Gasteiger partial charge in [0.05, 0.1) is 18.0 Å². The molecule has 0 radical (unpaired) electrons. The Morgan fingerprint density at radius 3 is 2.24 bits per heavy atom. The van der Waals surface area contributed by atoms with E-state index in [9.17, 15) is 13.2 Å². The Bertz CT molecular complexity index is 972. The summed E-state index contributed by atoms with van der Waals surface area (Å²) in [7, 11) is -3.45. The van der Waals surface area contributed by atoms with Crippen LogP contribution in [0.15, 0.2) is 36.4 Å². The van der Waals surface area contributed by atoms with Crippen LogP contribution in [0, 0.1) is 20.8 Å². The number of nitrogens with one attached hydrogen (secondary N) is 1. The maximum Gasteiger partial charge on any atom is 0.232 e. The van der Waals surface area contributed by atoms with Crippen LogP contribution in [-0.2, 0) is 14.8 Å². The molecule has 1 atom stereocenters. The van der Waals surface area contributed by atoms with Gasteiger partial charge in [-0.15, -0.1) is 0 Å². The number of aryl methyl sites for hydroxylation is 3. The Hall–Kier alpha value is -2.05. The molecule has 0 saturated carbocycles. The first-order valence-electron chi connectivity index (χ1n) is 9.59. The maximum absolute atomic E-state index is 12.4. The molecule has 29 heavy (non-hydrogen) atoms. The highest BCUT2D eigenvalue weighted by molar-refractivity contribution is 7.92. The minimum atomic E-state index is -3.45. The normalized spacial score (nSPS) is 12.5. The topological polar surface area (TPSA) is 66.5 Å². The van der Waals surface area contributed by atoms with Crippen LogP contribution in [0.2, 0.25) is 5.02 Å². The molecule has 0 fully saturated rings. The van der Waals surface area contributed by atoms with E-state index in [-0.39, 0.29) is 24.9 Å². The smallest absolute Gasteiger partial charge is 0.232 e. The van der Waals surface area contributed by atoms with Gasteiger partial charge in [-0.05, 0) is 80.6 Å². The highest BCUT2D eigenvalue weighted by atomic mass is 35.5. The average molecular weight is 437 g/mol. The molecule has 158 valence electrons. The fourth-order valence-electron chi connectivity index (χ4n) is 3.32. The van der Waals surface area contributed by atoms with Crippen LogP contribution >= 0.6 is 11.6 Å². The summed E-state index contributed by atoms with van der Waals surface area (Å²) in [6.07, 6.45) is 1.82. The van der Waals surface area contributed by atoms with Crippen molar-refractivity contribution < 1.29 is 13.2 Å². The van der Waals surface area contributed by atoms with Crippen LogP contribution < -0.4 is 9.62 Å². The lowest BCUT2D eigenvalue weighted by molar-refractivity contribution is -0.121. The van der Waals surface area contributed by atoms with Crippen LogP contribution in [0.3, 0.4) is 0 Å². The lowest BCUT2D eigenvalue weighted by Crippen LogP contribution is -2.32. The minimum Gasteiger partial charge on any atom is -0.350 e. The van der Waals surface area contributed by atoms with Gasteiger partial charge in [-0.3, -0.25) is 9.10 Å². The van der Waals surface area contributed by atoms with Crippen LogP contribution in [0.4, 0.5) is 5.69 Å². The monoisotopic (exact) mass is 436 g/mol. The van der Waals surface area contributed by atoms with Gasteiger partial charge < -0.3 is 5.32 Å². The zero-order valence-electron chi connectivity index (χ0n) is 17.6. The van der Waals surface area contributed by atoms with Crippen molar-refractivity contribution >= 4 is 33.2 Å². The zero-order chi connectivity index (χ0) is 21.8. The standard InChI is InChI=1S/C22H29ClN2O3S/c1-15-13-17(3)21(14-16(15)2)18(4)24-22(26)7-6-12-25(29(5,27)28)20-10-8-19(23)9-11-20/h8-11,13-14,18H,6-7,12H2,1-5H3,(H,24,26)/t18-/m1/s1. The molecular formula is C22H29ClN2O3S. The van der Waals surface area contributed by atoms with Gasteiger partial charge in [0.1, 0.15) is 0 Å². The fraction of sp³-hybridized carbons (Fsp3) is 0.409. The maximum atomic E-state index is 12.4. The summed E-state index contributed by atoms with van der Waals surface area (Å²) in [4.78, 5) is 12.4. The molecule has 0 aromatic heterocycles. The first kappa shape index (κ1) is 23.2. The van der Waals surface area contributed by atoms with E-state index < -0.39 is 10.0 Å². The second-order valence-corrected chi connectivity index (χ2v) is 9.84. The number of halogens is 1. The molecule has 1 amide bonds. The molecule has 2 rings (SSSR count). The minimum absolute atomic E-state index is 0.0975. The molecule has 0 aliphatic rings. The number of anilines is 1. The van der Waals surface area contributed by atoms with E-state index in [0.717, 1.165) is 17.4 Å². The number of benzene rings is 2. The molecule has 2 aromatic carbocycles. The molecule has 0 aliphatic heterocycles. The molecule has 5 nitrogen and oxygen atoms in total. The first-order chi connectivity index (χ1) is 13.5. The van der Waals surface area contributed by atoms with Crippen molar-refractivity contribution in [2.24, 2.45) is 0 Å². The van der Waals surface area contributed by atoms with Crippen LogP contribution in [0.25, 0.3) is 0 Å². The second kappa shape index (κ2) is 9.63. The predicted molar refractivity (Wildman–Crippen MR) is 120 cm³/mol. The number of amides is 1. The third-order valence-corrected chi connectivity index (χ3v) is 6.45. The van der Waals surface area contributed by atoms with E-state index in [1.165, 1.54) is 15.4 Å². The van der Waals surface area contributed by atoms with E-state index >= 15 is 0 Å². The first-order valence-corrected chi connectivity index (χ1v) is 11.8. The highest BCUT2D eigenvalue weighted by Crippen LogP contribution is 2.23. The third kappa shape index (κ3) is 6.47. The molecule has 7 heteroatoms. The summed E-state index contributed by atoms with van der Waals surface area (Å²) in [5.41, 5.74) is 5.20. The summed E-state index contributed by atoms with van der Waals surface area (Å²) in [6, 6.07) is 10.8. The fourth-order valence-corrected chi connectivity index (χ4v) is 4.41. The number of carbonyl (C=O) groups is 1. The summed E-state index contributed by atoms with van der Waals surface area (Å²) >= 11 is 5.88. The van der Waals surface area contributed by atoms with Crippen LogP contribution in [0.1, 0.15) is 48.1 Å². The Kier molecular flexibility index (Phi) is 7.72. The summed E-state index contributed by atoms with van der Waals surface area (Å²) in [5, 5.41) is 3.56. The lowest BCUT2D eigenvalue weighted by Gasteiger charge is -2.23. The Balaban J connectivity index is 1.97. The van der Waals surface area contributed by atoms with Crippen molar-refractivity contribution in [2.75, 3.05) is 17.1 Å². The Morgan fingerprint density at radius 1 is 1.07 bits per heavy atom. The molecule has 0 heterocycles. The number of hydrogen-bond acceptors (Lipinski definition) is 3. The van der Waals surface area contributed by atoms with Gasteiger partial charge in [0.25, 0.3) is 0 Å². The molecule has 0 spiro atoms. The van der Waals surface area contributed by atoms with E-state index in [1.807, 2.05) is 13.8 Å². The summed E-state index contributed by atoms with van der Waals surface area (Å²) in [5.74, 6) is -0.0975. The molecule has 1 N–H and O–H groups in total. The Morgan fingerprint density at radius 2 is 1.66 bits per heavy atom. The van der Waals surface area contributed by atoms with Gasteiger partial charge in [-0.25, -0.2) is 8.42 Å². The van der Waals surface area contributed by atoms with Crippen molar-refractivity contribution in [3.63, 3.8) is 0 Å². The quantitative estimate of drug-likeness (QED) is 0.652. The van der Waals surface area contributed by atoms with Crippen molar-refractivity contribution in [3.8, 4) is 0 Å². The van der Waals surface area contributed by atoms with Gasteiger partial charge >= 0.3 is 0 Å². The molecular weight excluding hydrogens is 408 g/mol. The molecule has 0 saturated heterocycles. The zero-order valence-corrected chi connectivity index (χ0v) is 19.2. The van der Waals surface area contributed by atoms with Gasteiger partial charge in [-0.2, -0.15) is 0 Å². The van der Waals surface area contributed by atoms with Gasteiger partial charge in [0.15, 0.2) is 0 Å². The number of rotatable bonds is 8. The predicted octanol–water partition coefficient (Wildman–Crippen LogP) is 4.69. The van der Waals surface area contributed by atoms with E-state index in [1.54, 1.807) is 24.3 Å².